The van der Waals surface area contributed by atoms with Gasteiger partial charge in [-0.3, -0.25) is 9.59 Å². The zero-order valence-corrected chi connectivity index (χ0v) is 15.7. The van der Waals surface area contributed by atoms with Crippen molar-refractivity contribution in [3.63, 3.8) is 0 Å². The van der Waals surface area contributed by atoms with Gasteiger partial charge in [-0.05, 0) is 43.9 Å². The van der Waals surface area contributed by atoms with Gasteiger partial charge >= 0.3 is 0 Å². The summed E-state index contributed by atoms with van der Waals surface area (Å²) in [6, 6.07) is 12.0. The Labute approximate surface area is 159 Å². The monoisotopic (exact) mass is 369 g/mol. The maximum Gasteiger partial charge on any atom is 0.242 e. The van der Waals surface area contributed by atoms with Crippen LogP contribution in [0, 0.1) is 6.92 Å². The van der Waals surface area contributed by atoms with Crippen molar-refractivity contribution in [2.45, 2.75) is 45.3 Å². The molecule has 1 aromatic heterocycles. The van der Waals surface area contributed by atoms with Crippen LogP contribution in [0.1, 0.15) is 30.2 Å². The minimum absolute atomic E-state index is 0.283. The van der Waals surface area contributed by atoms with Gasteiger partial charge in [-0.25, -0.2) is 4.98 Å². The second-order valence-corrected chi connectivity index (χ2v) is 6.56. The Morgan fingerprint density at radius 3 is 2.48 bits per heavy atom. The molecule has 27 heavy (non-hydrogen) atoms. The lowest BCUT2D eigenvalue weighted by molar-refractivity contribution is -0.129. The third kappa shape index (κ3) is 6.38. The van der Waals surface area contributed by atoms with Gasteiger partial charge < -0.3 is 22.1 Å². The first-order valence-electron chi connectivity index (χ1n) is 8.96. The molecule has 0 fully saturated rings. The molecule has 0 aliphatic carbocycles. The minimum atomic E-state index is -0.678. The van der Waals surface area contributed by atoms with Gasteiger partial charge in [0.25, 0.3) is 0 Å². The maximum absolute atomic E-state index is 12.2. The van der Waals surface area contributed by atoms with E-state index in [0.29, 0.717) is 25.2 Å². The summed E-state index contributed by atoms with van der Waals surface area (Å²) < 4.78 is 0. The summed E-state index contributed by atoms with van der Waals surface area (Å²) in [7, 11) is 0. The van der Waals surface area contributed by atoms with E-state index >= 15 is 0 Å². The molecule has 0 aliphatic heterocycles. The SMILES string of the molecule is Cc1nc(N)ccc1CNC(=O)C(C)NC(=O)C(N)CCc1ccccc1. The number of carbonyl (C=O) groups is 2. The molecule has 0 aliphatic rings. The van der Waals surface area contributed by atoms with Crippen molar-refractivity contribution in [2.75, 3.05) is 5.73 Å². The lowest BCUT2D eigenvalue weighted by atomic mass is 10.1. The molecule has 0 saturated heterocycles. The van der Waals surface area contributed by atoms with Gasteiger partial charge in [0.1, 0.15) is 11.9 Å². The van der Waals surface area contributed by atoms with E-state index in [9.17, 15) is 9.59 Å². The molecule has 7 heteroatoms. The van der Waals surface area contributed by atoms with Crippen LogP contribution in [-0.2, 0) is 22.6 Å². The molecule has 0 saturated carbocycles. The van der Waals surface area contributed by atoms with E-state index in [0.717, 1.165) is 16.8 Å². The highest BCUT2D eigenvalue weighted by atomic mass is 16.2. The number of aryl methyl sites for hydroxylation is 2. The van der Waals surface area contributed by atoms with Gasteiger partial charge in [-0.1, -0.05) is 36.4 Å². The molecule has 2 aromatic rings. The van der Waals surface area contributed by atoms with Crippen LogP contribution < -0.4 is 22.1 Å². The largest absolute Gasteiger partial charge is 0.384 e. The molecule has 0 radical (unpaired) electrons. The highest BCUT2D eigenvalue weighted by molar-refractivity contribution is 5.89. The fourth-order valence-corrected chi connectivity index (χ4v) is 2.62. The lowest BCUT2D eigenvalue weighted by Gasteiger charge is -2.18. The van der Waals surface area contributed by atoms with Crippen molar-refractivity contribution in [2.24, 2.45) is 5.73 Å². The van der Waals surface area contributed by atoms with Crippen molar-refractivity contribution in [3.05, 3.63) is 59.3 Å². The van der Waals surface area contributed by atoms with Gasteiger partial charge in [0.2, 0.25) is 11.8 Å². The fourth-order valence-electron chi connectivity index (χ4n) is 2.62. The number of pyridine rings is 1. The van der Waals surface area contributed by atoms with E-state index in [1.807, 2.05) is 43.3 Å². The first-order valence-corrected chi connectivity index (χ1v) is 8.96. The predicted octanol–water partition coefficient (Wildman–Crippen LogP) is 1.05. The molecule has 2 atom stereocenters. The molecule has 144 valence electrons. The summed E-state index contributed by atoms with van der Waals surface area (Å²) in [5, 5.41) is 5.45. The summed E-state index contributed by atoms with van der Waals surface area (Å²) in [6.45, 7) is 3.78. The fraction of sp³-hybridized carbons (Fsp3) is 0.350. The van der Waals surface area contributed by atoms with Gasteiger partial charge in [0, 0.05) is 12.2 Å². The Balaban J connectivity index is 1.77. The van der Waals surface area contributed by atoms with Crippen LogP contribution in [-0.4, -0.2) is 28.9 Å². The third-order valence-electron chi connectivity index (χ3n) is 4.35. The Morgan fingerprint density at radius 1 is 1.11 bits per heavy atom. The first kappa shape index (κ1) is 20.4. The van der Waals surface area contributed by atoms with E-state index in [2.05, 4.69) is 15.6 Å². The van der Waals surface area contributed by atoms with Crippen LogP contribution in [0.2, 0.25) is 0 Å². The van der Waals surface area contributed by atoms with E-state index < -0.39 is 12.1 Å². The molecule has 2 rings (SSSR count). The Kier molecular flexibility index (Phi) is 7.31. The van der Waals surface area contributed by atoms with E-state index in [4.69, 9.17) is 11.5 Å². The number of carbonyl (C=O) groups excluding carboxylic acids is 2. The van der Waals surface area contributed by atoms with Crippen molar-refractivity contribution in [3.8, 4) is 0 Å². The van der Waals surface area contributed by atoms with Crippen LogP contribution in [0.15, 0.2) is 42.5 Å². The van der Waals surface area contributed by atoms with Gasteiger partial charge in [0.15, 0.2) is 0 Å². The van der Waals surface area contributed by atoms with Gasteiger partial charge in [-0.2, -0.15) is 0 Å². The highest BCUT2D eigenvalue weighted by Crippen LogP contribution is 2.08. The zero-order valence-electron chi connectivity index (χ0n) is 15.7. The maximum atomic E-state index is 12.2. The Bertz CT molecular complexity index is 779. The van der Waals surface area contributed by atoms with Crippen molar-refractivity contribution < 1.29 is 9.59 Å². The van der Waals surface area contributed by atoms with Crippen LogP contribution in [0.4, 0.5) is 5.82 Å². The third-order valence-corrected chi connectivity index (χ3v) is 4.35. The molecule has 2 unspecified atom stereocenters. The number of amides is 2. The minimum Gasteiger partial charge on any atom is -0.384 e. The second kappa shape index (κ2) is 9.68. The number of nitrogen functional groups attached to an aromatic ring is 1. The number of hydrogen-bond acceptors (Lipinski definition) is 5. The Hall–Kier alpha value is -2.93. The van der Waals surface area contributed by atoms with E-state index in [-0.39, 0.29) is 11.8 Å². The van der Waals surface area contributed by atoms with Crippen molar-refractivity contribution in [1.82, 2.24) is 15.6 Å². The first-order chi connectivity index (χ1) is 12.9. The predicted molar refractivity (Wildman–Crippen MR) is 106 cm³/mol. The topological polar surface area (TPSA) is 123 Å². The van der Waals surface area contributed by atoms with Crippen molar-refractivity contribution in [1.29, 1.82) is 0 Å². The van der Waals surface area contributed by atoms with E-state index in [1.54, 1.807) is 13.0 Å². The molecule has 0 spiro atoms. The summed E-state index contributed by atoms with van der Waals surface area (Å²) in [6.07, 6.45) is 1.22. The number of anilines is 1. The van der Waals surface area contributed by atoms with Gasteiger partial charge in [0.05, 0.1) is 6.04 Å². The summed E-state index contributed by atoms with van der Waals surface area (Å²) in [5.74, 6) is -0.179. The molecule has 1 heterocycles. The van der Waals surface area contributed by atoms with E-state index in [1.165, 1.54) is 0 Å². The molecule has 1 aromatic carbocycles. The molecule has 2 amide bonds. The highest BCUT2D eigenvalue weighted by Gasteiger charge is 2.20. The van der Waals surface area contributed by atoms with Crippen LogP contribution in [0.25, 0.3) is 0 Å². The number of nitrogens with two attached hydrogens (primary N) is 2. The number of hydrogen-bond donors (Lipinski definition) is 4. The molecular weight excluding hydrogens is 342 g/mol. The standard InChI is InChI=1S/C20H27N5O2/c1-13-16(9-11-18(22)24-13)12-23-19(26)14(2)25-20(27)17(21)10-8-15-6-4-3-5-7-15/h3-7,9,11,14,17H,8,10,12,21H2,1-2H3,(H2,22,24)(H,23,26)(H,25,27). The smallest absolute Gasteiger partial charge is 0.242 e. The van der Waals surface area contributed by atoms with Crippen LogP contribution in [0.5, 0.6) is 0 Å². The van der Waals surface area contributed by atoms with Crippen LogP contribution >= 0.6 is 0 Å². The average Bonchev–Trinajstić information content (AvgIpc) is 2.65. The normalized spacial score (nSPS) is 12.9. The number of nitrogens with one attached hydrogen (secondary N) is 2. The zero-order chi connectivity index (χ0) is 19.8. The van der Waals surface area contributed by atoms with Crippen LogP contribution in [0.3, 0.4) is 0 Å². The summed E-state index contributed by atoms with van der Waals surface area (Å²) in [4.78, 5) is 28.6. The average molecular weight is 369 g/mol. The number of rotatable bonds is 8. The second-order valence-electron chi connectivity index (χ2n) is 6.56. The number of aromatic nitrogens is 1. The summed E-state index contributed by atoms with van der Waals surface area (Å²) >= 11 is 0. The molecular formula is C20H27N5O2. The molecule has 7 nitrogen and oxygen atoms in total. The Morgan fingerprint density at radius 2 is 1.81 bits per heavy atom. The lowest BCUT2D eigenvalue weighted by Crippen LogP contribution is -2.50. The van der Waals surface area contributed by atoms with Gasteiger partial charge in [-0.15, -0.1) is 0 Å². The quantitative estimate of drug-likeness (QED) is 0.554. The van der Waals surface area contributed by atoms with Crippen molar-refractivity contribution >= 4 is 17.6 Å². The molecule has 0 bridgehead atoms. The summed E-state index contributed by atoms with van der Waals surface area (Å²) in [5.41, 5.74) is 14.3. The molecule has 6 N–H and O–H groups in total. The number of benzene rings is 1. The number of nitrogens with zero attached hydrogens (tertiary/aromatic N) is 1.